The summed E-state index contributed by atoms with van der Waals surface area (Å²) >= 11 is 0. The lowest BCUT2D eigenvalue weighted by Gasteiger charge is -2.34. The van der Waals surface area contributed by atoms with Crippen molar-refractivity contribution in [3.8, 4) is 0 Å². The molecule has 1 fully saturated rings. The van der Waals surface area contributed by atoms with Gasteiger partial charge in [0, 0.05) is 13.1 Å². The van der Waals surface area contributed by atoms with E-state index in [0.29, 0.717) is 18.3 Å². The largest absolute Gasteiger partial charge is 0.481 e. The minimum Gasteiger partial charge on any atom is -0.481 e. The van der Waals surface area contributed by atoms with Gasteiger partial charge in [-0.25, -0.2) is 0 Å². The van der Waals surface area contributed by atoms with Gasteiger partial charge in [0.25, 0.3) is 0 Å². The summed E-state index contributed by atoms with van der Waals surface area (Å²) in [5, 5.41) is 9.33. The van der Waals surface area contributed by atoms with E-state index in [1.165, 1.54) is 0 Å². The third-order valence-electron chi connectivity index (χ3n) is 3.88. The van der Waals surface area contributed by atoms with Gasteiger partial charge in [-0.3, -0.25) is 9.59 Å². The van der Waals surface area contributed by atoms with Crippen LogP contribution in [0.15, 0.2) is 0 Å². The number of carbonyl (C=O) groups excluding carboxylic acids is 1. The molecule has 0 saturated heterocycles. The molecule has 0 aromatic carbocycles. The first-order chi connectivity index (χ1) is 9.32. The Kier molecular flexibility index (Phi) is 6.50. The normalized spacial score (nSPS) is 23.1. The molecule has 0 heterocycles. The monoisotopic (exact) mass is 283 g/mol. The zero-order valence-corrected chi connectivity index (χ0v) is 13.3. The minimum atomic E-state index is -0.808. The topological polar surface area (TPSA) is 57.6 Å². The maximum Gasteiger partial charge on any atom is 0.307 e. The average molecular weight is 283 g/mol. The lowest BCUT2D eigenvalue weighted by molar-refractivity contribution is -0.152. The number of carboxylic acid groups (broad SMARTS) is 1. The maximum atomic E-state index is 12.7. The highest BCUT2D eigenvalue weighted by atomic mass is 16.4. The van der Waals surface area contributed by atoms with Gasteiger partial charge in [0.05, 0.1) is 11.8 Å². The van der Waals surface area contributed by atoms with E-state index in [4.69, 9.17) is 0 Å². The zero-order valence-electron chi connectivity index (χ0n) is 13.3. The fraction of sp³-hybridized carbons (Fsp3) is 0.875. The Balaban J connectivity index is 2.82. The van der Waals surface area contributed by atoms with Crippen LogP contribution in [-0.2, 0) is 9.59 Å². The average Bonchev–Trinajstić information content (AvgIpc) is 2.36. The van der Waals surface area contributed by atoms with Crippen molar-refractivity contribution >= 4 is 11.9 Å². The van der Waals surface area contributed by atoms with Gasteiger partial charge >= 0.3 is 5.97 Å². The Morgan fingerprint density at radius 3 is 1.85 bits per heavy atom. The molecule has 1 amide bonds. The van der Waals surface area contributed by atoms with E-state index in [-0.39, 0.29) is 11.8 Å². The molecular weight excluding hydrogens is 254 g/mol. The van der Waals surface area contributed by atoms with Crippen molar-refractivity contribution in [3.63, 3.8) is 0 Å². The molecule has 1 rings (SSSR count). The van der Waals surface area contributed by atoms with Gasteiger partial charge in [-0.15, -0.1) is 0 Å². The second-order valence-corrected chi connectivity index (χ2v) is 6.87. The van der Waals surface area contributed by atoms with E-state index in [9.17, 15) is 14.7 Å². The number of hydrogen-bond donors (Lipinski definition) is 1. The van der Waals surface area contributed by atoms with Gasteiger partial charge in [-0.05, 0) is 24.7 Å². The number of amides is 1. The number of aliphatic carboxylic acids is 1. The molecule has 0 aliphatic heterocycles. The Morgan fingerprint density at radius 1 is 1.00 bits per heavy atom. The second-order valence-electron chi connectivity index (χ2n) is 6.87. The van der Waals surface area contributed by atoms with Crippen molar-refractivity contribution in [2.45, 2.75) is 53.4 Å². The van der Waals surface area contributed by atoms with Crippen molar-refractivity contribution in [1.82, 2.24) is 4.90 Å². The molecular formula is C16H29NO3. The van der Waals surface area contributed by atoms with E-state index < -0.39 is 11.9 Å². The minimum absolute atomic E-state index is 0.0551. The fourth-order valence-corrected chi connectivity index (χ4v) is 3.09. The smallest absolute Gasteiger partial charge is 0.307 e. The third-order valence-corrected chi connectivity index (χ3v) is 3.88. The van der Waals surface area contributed by atoms with Crippen LogP contribution in [0.4, 0.5) is 0 Å². The molecule has 1 aliphatic rings. The third kappa shape index (κ3) is 4.80. The zero-order chi connectivity index (χ0) is 15.3. The highest BCUT2D eigenvalue weighted by Gasteiger charge is 2.37. The molecule has 4 heteroatoms. The van der Waals surface area contributed by atoms with Crippen LogP contribution < -0.4 is 0 Å². The number of carbonyl (C=O) groups is 2. The first kappa shape index (κ1) is 17.0. The highest BCUT2D eigenvalue weighted by molar-refractivity contribution is 5.85. The Hall–Kier alpha value is -1.06. The van der Waals surface area contributed by atoms with Crippen molar-refractivity contribution in [2.75, 3.05) is 13.1 Å². The number of rotatable bonds is 6. The van der Waals surface area contributed by atoms with Crippen LogP contribution in [-0.4, -0.2) is 35.0 Å². The summed E-state index contributed by atoms with van der Waals surface area (Å²) in [6.07, 6.45) is 3.26. The van der Waals surface area contributed by atoms with Crippen LogP contribution in [0.2, 0.25) is 0 Å². The number of hydrogen-bond acceptors (Lipinski definition) is 2. The van der Waals surface area contributed by atoms with Crippen molar-refractivity contribution in [2.24, 2.45) is 23.7 Å². The van der Waals surface area contributed by atoms with E-state index in [0.717, 1.165) is 32.4 Å². The predicted octanol–water partition coefficient (Wildman–Crippen LogP) is 3.02. The van der Waals surface area contributed by atoms with Gasteiger partial charge in [0.15, 0.2) is 0 Å². The van der Waals surface area contributed by atoms with Crippen LogP contribution in [0.3, 0.4) is 0 Å². The quantitative estimate of drug-likeness (QED) is 0.815. The summed E-state index contributed by atoms with van der Waals surface area (Å²) in [4.78, 5) is 26.0. The van der Waals surface area contributed by atoms with Crippen molar-refractivity contribution in [3.05, 3.63) is 0 Å². The first-order valence-corrected chi connectivity index (χ1v) is 7.84. The molecule has 1 aliphatic carbocycles. The molecule has 20 heavy (non-hydrogen) atoms. The SMILES string of the molecule is CC(C)CN(CC(C)C)C(=O)[C@@H]1CCCC[C@H]1C(=O)O. The molecule has 4 nitrogen and oxygen atoms in total. The second kappa shape index (κ2) is 7.65. The van der Waals surface area contributed by atoms with Crippen LogP contribution in [0, 0.1) is 23.7 Å². The van der Waals surface area contributed by atoms with Crippen LogP contribution in [0.5, 0.6) is 0 Å². The van der Waals surface area contributed by atoms with Crippen LogP contribution in [0.25, 0.3) is 0 Å². The van der Waals surface area contributed by atoms with E-state index in [2.05, 4.69) is 27.7 Å². The molecule has 0 spiro atoms. The van der Waals surface area contributed by atoms with Crippen LogP contribution >= 0.6 is 0 Å². The summed E-state index contributed by atoms with van der Waals surface area (Å²) in [6.45, 7) is 9.82. The van der Waals surface area contributed by atoms with Crippen molar-refractivity contribution in [1.29, 1.82) is 0 Å². The molecule has 1 N–H and O–H groups in total. The molecule has 0 aromatic rings. The van der Waals surface area contributed by atoms with Crippen LogP contribution in [0.1, 0.15) is 53.4 Å². The molecule has 0 radical (unpaired) electrons. The van der Waals surface area contributed by atoms with Gasteiger partial charge in [-0.1, -0.05) is 40.5 Å². The van der Waals surface area contributed by atoms with E-state index >= 15 is 0 Å². The van der Waals surface area contributed by atoms with Crippen molar-refractivity contribution < 1.29 is 14.7 Å². The Morgan fingerprint density at radius 2 is 1.45 bits per heavy atom. The van der Waals surface area contributed by atoms with E-state index in [1.54, 1.807) is 0 Å². The Bertz CT molecular complexity index is 329. The standard InChI is InChI=1S/C16H29NO3/c1-11(2)9-17(10-12(3)4)15(18)13-7-5-6-8-14(13)16(19)20/h11-14H,5-10H2,1-4H3,(H,19,20)/t13-,14-/m1/s1. The van der Waals surface area contributed by atoms with Gasteiger partial charge in [0.1, 0.15) is 0 Å². The maximum absolute atomic E-state index is 12.7. The fourth-order valence-electron chi connectivity index (χ4n) is 3.09. The lowest BCUT2D eigenvalue weighted by atomic mass is 9.78. The van der Waals surface area contributed by atoms with Gasteiger partial charge in [0.2, 0.25) is 5.91 Å². The molecule has 0 unspecified atom stereocenters. The summed E-state index contributed by atoms with van der Waals surface area (Å²) < 4.78 is 0. The molecule has 0 aromatic heterocycles. The predicted molar refractivity (Wildman–Crippen MR) is 79.3 cm³/mol. The van der Waals surface area contributed by atoms with Gasteiger partial charge in [-0.2, -0.15) is 0 Å². The summed E-state index contributed by atoms with van der Waals surface area (Å²) in [7, 11) is 0. The Labute approximate surface area is 122 Å². The summed E-state index contributed by atoms with van der Waals surface area (Å²) in [6, 6.07) is 0. The number of nitrogens with zero attached hydrogens (tertiary/aromatic N) is 1. The lowest BCUT2D eigenvalue weighted by Crippen LogP contribution is -2.45. The molecule has 1 saturated carbocycles. The van der Waals surface area contributed by atoms with E-state index in [1.807, 2.05) is 4.90 Å². The first-order valence-electron chi connectivity index (χ1n) is 7.84. The molecule has 2 atom stereocenters. The molecule has 116 valence electrons. The summed E-state index contributed by atoms with van der Waals surface area (Å²) in [5.41, 5.74) is 0. The summed E-state index contributed by atoms with van der Waals surface area (Å²) in [5.74, 6) is -0.748. The number of carboxylic acids is 1. The molecule has 0 bridgehead atoms. The van der Waals surface area contributed by atoms with Gasteiger partial charge < -0.3 is 10.0 Å². The highest BCUT2D eigenvalue weighted by Crippen LogP contribution is 2.32.